The minimum atomic E-state index is 0.135. The molecule has 0 spiro atoms. The van der Waals surface area contributed by atoms with Gasteiger partial charge in [0.25, 0.3) is 0 Å². The fraction of sp³-hybridized carbons (Fsp3) is 0.300. The van der Waals surface area contributed by atoms with Gasteiger partial charge < -0.3 is 14.3 Å². The molecular formula is C20H22N5O2+. The number of aryl methyl sites for hydroxylation is 1. The van der Waals surface area contributed by atoms with Crippen molar-refractivity contribution in [3.05, 3.63) is 60.7 Å². The maximum Gasteiger partial charge on any atom is 0.227 e. The van der Waals surface area contributed by atoms with Gasteiger partial charge in [0, 0.05) is 62.4 Å². The smallest absolute Gasteiger partial charge is 0.227 e. The molecule has 3 heterocycles. The molecule has 3 aromatic rings. The third kappa shape index (κ3) is 4.13. The van der Waals surface area contributed by atoms with Crippen LogP contribution in [0.15, 0.2) is 59.4 Å². The standard InChI is InChI=1S/C20H21N5O2/c26-19(25-14-12-24(13-15-25)17-8-10-21-11-9-17)7-6-18-22-20(23-27-18)16-4-2-1-3-5-16/h1-5,8-11H,6-7,12-15H2/p+1. The van der Waals surface area contributed by atoms with Gasteiger partial charge in [-0.25, -0.2) is 4.98 Å². The molecule has 1 fully saturated rings. The third-order valence-electron chi connectivity index (χ3n) is 4.75. The molecule has 0 saturated carbocycles. The van der Waals surface area contributed by atoms with Crippen LogP contribution in [0.1, 0.15) is 12.3 Å². The van der Waals surface area contributed by atoms with Gasteiger partial charge in [0.05, 0.1) is 0 Å². The van der Waals surface area contributed by atoms with Crippen LogP contribution in [0.3, 0.4) is 0 Å². The maximum atomic E-state index is 12.5. The molecule has 0 radical (unpaired) electrons. The van der Waals surface area contributed by atoms with Crippen molar-refractivity contribution < 1.29 is 14.3 Å². The highest BCUT2D eigenvalue weighted by Crippen LogP contribution is 2.17. The quantitative estimate of drug-likeness (QED) is 0.690. The highest BCUT2D eigenvalue weighted by atomic mass is 16.5. The molecular weight excluding hydrogens is 342 g/mol. The zero-order valence-electron chi connectivity index (χ0n) is 15.0. The Balaban J connectivity index is 1.27. The van der Waals surface area contributed by atoms with E-state index < -0.39 is 0 Å². The lowest BCUT2D eigenvalue weighted by molar-refractivity contribution is -0.377. The van der Waals surface area contributed by atoms with E-state index in [0.29, 0.717) is 24.6 Å². The summed E-state index contributed by atoms with van der Waals surface area (Å²) in [4.78, 5) is 24.1. The van der Waals surface area contributed by atoms with Crippen LogP contribution in [0.5, 0.6) is 0 Å². The number of anilines is 1. The fourth-order valence-corrected chi connectivity index (χ4v) is 3.24. The number of piperazine rings is 1. The van der Waals surface area contributed by atoms with E-state index in [1.807, 2.05) is 47.6 Å². The summed E-state index contributed by atoms with van der Waals surface area (Å²) in [6, 6.07) is 13.8. The molecule has 1 N–H and O–H groups in total. The third-order valence-corrected chi connectivity index (χ3v) is 4.75. The monoisotopic (exact) mass is 364 g/mol. The van der Waals surface area contributed by atoms with Crippen molar-refractivity contribution >= 4 is 11.6 Å². The van der Waals surface area contributed by atoms with Gasteiger partial charge in [0.15, 0.2) is 12.4 Å². The number of amides is 1. The normalized spacial score (nSPS) is 14.4. The number of aromatic nitrogens is 3. The number of hydrogen-bond donors (Lipinski definition) is 0. The number of nitrogens with zero attached hydrogens (tertiary/aromatic N) is 4. The predicted octanol–water partition coefficient (Wildman–Crippen LogP) is 1.83. The Labute approximate surface area is 157 Å². The van der Waals surface area contributed by atoms with Crippen LogP contribution in [0, 0.1) is 0 Å². The molecule has 2 aromatic heterocycles. The van der Waals surface area contributed by atoms with Gasteiger partial charge in [-0.3, -0.25) is 4.79 Å². The second kappa shape index (κ2) is 7.99. The number of nitrogens with one attached hydrogen (secondary N) is 1. The summed E-state index contributed by atoms with van der Waals surface area (Å²) in [6.45, 7) is 3.15. The molecule has 0 bridgehead atoms. The first-order valence-electron chi connectivity index (χ1n) is 9.16. The lowest BCUT2D eigenvalue weighted by Gasteiger charge is -2.35. The minimum Gasteiger partial charge on any atom is -0.368 e. The van der Waals surface area contributed by atoms with Crippen LogP contribution in [0.4, 0.5) is 5.69 Å². The van der Waals surface area contributed by atoms with Gasteiger partial charge in [-0.15, -0.1) is 0 Å². The first kappa shape index (κ1) is 17.2. The fourth-order valence-electron chi connectivity index (χ4n) is 3.24. The molecule has 7 heteroatoms. The van der Waals surface area contributed by atoms with Crippen molar-refractivity contribution in [1.82, 2.24) is 15.0 Å². The maximum absolute atomic E-state index is 12.5. The van der Waals surface area contributed by atoms with Crippen molar-refractivity contribution in [2.45, 2.75) is 12.8 Å². The van der Waals surface area contributed by atoms with E-state index in [-0.39, 0.29) is 5.91 Å². The van der Waals surface area contributed by atoms with Gasteiger partial charge in [0.2, 0.25) is 17.6 Å². The van der Waals surface area contributed by atoms with Crippen LogP contribution >= 0.6 is 0 Å². The molecule has 7 nitrogen and oxygen atoms in total. The van der Waals surface area contributed by atoms with Gasteiger partial charge >= 0.3 is 0 Å². The minimum absolute atomic E-state index is 0.135. The van der Waals surface area contributed by atoms with E-state index in [2.05, 4.69) is 32.2 Å². The number of carbonyl (C=O) groups is 1. The van der Waals surface area contributed by atoms with Crippen LogP contribution in [-0.4, -0.2) is 47.1 Å². The molecule has 1 saturated heterocycles. The molecule has 138 valence electrons. The van der Waals surface area contributed by atoms with Crippen LogP contribution < -0.4 is 9.88 Å². The molecule has 0 unspecified atom stereocenters. The average molecular weight is 364 g/mol. The summed E-state index contributed by atoms with van der Waals surface area (Å²) in [5.41, 5.74) is 2.09. The summed E-state index contributed by atoms with van der Waals surface area (Å²) < 4.78 is 5.29. The van der Waals surface area contributed by atoms with E-state index in [0.717, 1.165) is 31.7 Å². The lowest BCUT2D eigenvalue weighted by atomic mass is 10.2. The molecule has 27 heavy (non-hydrogen) atoms. The zero-order chi connectivity index (χ0) is 18.5. The van der Waals surface area contributed by atoms with E-state index in [1.54, 1.807) is 0 Å². The molecule has 4 rings (SSSR count). The summed E-state index contributed by atoms with van der Waals surface area (Å²) >= 11 is 0. The Kier molecular flexibility index (Phi) is 5.09. The number of benzene rings is 1. The number of carbonyl (C=O) groups excluding carboxylic acids is 1. The Morgan fingerprint density at radius 2 is 1.78 bits per heavy atom. The molecule has 1 aliphatic rings. The SMILES string of the molecule is O=C(CCc1nc(-c2ccccc2)no1)N1CCN(c2cc[nH+]cc2)CC1. The largest absolute Gasteiger partial charge is 0.368 e. The first-order valence-corrected chi connectivity index (χ1v) is 9.16. The molecule has 1 amide bonds. The average Bonchev–Trinajstić information content (AvgIpc) is 3.22. The number of aromatic amines is 1. The Morgan fingerprint density at radius 3 is 2.52 bits per heavy atom. The number of H-pyrrole nitrogens is 1. The van der Waals surface area contributed by atoms with Crippen LogP contribution in [0.2, 0.25) is 0 Å². The molecule has 0 atom stereocenters. The molecule has 1 aromatic carbocycles. The van der Waals surface area contributed by atoms with E-state index in [4.69, 9.17) is 4.52 Å². The van der Waals surface area contributed by atoms with Gasteiger partial charge in [-0.2, -0.15) is 4.98 Å². The van der Waals surface area contributed by atoms with Crippen molar-refractivity contribution in [3.63, 3.8) is 0 Å². The van der Waals surface area contributed by atoms with Crippen molar-refractivity contribution in [2.24, 2.45) is 0 Å². The number of hydrogen-bond acceptors (Lipinski definition) is 5. The second-order valence-electron chi connectivity index (χ2n) is 6.50. The second-order valence-corrected chi connectivity index (χ2v) is 6.50. The van der Waals surface area contributed by atoms with Crippen LogP contribution in [-0.2, 0) is 11.2 Å². The number of pyridine rings is 1. The van der Waals surface area contributed by atoms with Gasteiger partial charge in [-0.1, -0.05) is 35.5 Å². The van der Waals surface area contributed by atoms with Crippen molar-refractivity contribution in [3.8, 4) is 11.4 Å². The van der Waals surface area contributed by atoms with Crippen molar-refractivity contribution in [1.29, 1.82) is 0 Å². The van der Waals surface area contributed by atoms with Gasteiger partial charge in [-0.05, 0) is 0 Å². The van der Waals surface area contributed by atoms with Crippen molar-refractivity contribution in [2.75, 3.05) is 31.1 Å². The summed E-state index contributed by atoms with van der Waals surface area (Å²) in [5.74, 6) is 1.20. The highest BCUT2D eigenvalue weighted by molar-refractivity contribution is 5.76. The summed E-state index contributed by atoms with van der Waals surface area (Å²) in [6.07, 6.45) is 4.69. The Morgan fingerprint density at radius 1 is 1.04 bits per heavy atom. The topological polar surface area (TPSA) is 76.6 Å². The van der Waals surface area contributed by atoms with E-state index >= 15 is 0 Å². The predicted molar refractivity (Wildman–Crippen MR) is 99.8 cm³/mol. The lowest BCUT2D eigenvalue weighted by Crippen LogP contribution is -2.48. The Bertz CT molecular complexity index is 874. The first-order chi connectivity index (χ1) is 13.3. The zero-order valence-corrected chi connectivity index (χ0v) is 15.0. The van der Waals surface area contributed by atoms with Crippen LogP contribution in [0.25, 0.3) is 11.4 Å². The highest BCUT2D eigenvalue weighted by Gasteiger charge is 2.22. The van der Waals surface area contributed by atoms with E-state index in [1.165, 1.54) is 5.69 Å². The summed E-state index contributed by atoms with van der Waals surface area (Å²) in [7, 11) is 0. The Hall–Kier alpha value is -3.22. The molecule has 0 aliphatic carbocycles. The molecule has 1 aliphatic heterocycles. The summed E-state index contributed by atoms with van der Waals surface area (Å²) in [5, 5.41) is 4.00. The van der Waals surface area contributed by atoms with E-state index in [9.17, 15) is 4.79 Å². The number of rotatable bonds is 5. The van der Waals surface area contributed by atoms with Gasteiger partial charge in [0.1, 0.15) is 0 Å².